The molecular formula is C15H23NO3S. The predicted molar refractivity (Wildman–Crippen MR) is 81.4 cm³/mol. The van der Waals surface area contributed by atoms with E-state index in [1.807, 2.05) is 0 Å². The summed E-state index contributed by atoms with van der Waals surface area (Å²) >= 11 is 0. The molecule has 0 saturated heterocycles. The quantitative estimate of drug-likeness (QED) is 0.786. The number of rotatable bonds is 7. The summed E-state index contributed by atoms with van der Waals surface area (Å²) in [7, 11) is -3.08. The summed E-state index contributed by atoms with van der Waals surface area (Å²) in [5, 5.41) is 2.86. The lowest BCUT2D eigenvalue weighted by Gasteiger charge is -2.08. The van der Waals surface area contributed by atoms with E-state index in [1.165, 1.54) is 6.26 Å². The van der Waals surface area contributed by atoms with Gasteiger partial charge in [0.2, 0.25) is 0 Å². The third kappa shape index (κ3) is 6.70. The second-order valence-corrected chi connectivity index (χ2v) is 7.70. The molecule has 1 aromatic rings. The lowest BCUT2D eigenvalue weighted by molar-refractivity contribution is 0.0952. The molecule has 0 saturated carbocycles. The van der Waals surface area contributed by atoms with Crippen molar-refractivity contribution >= 4 is 15.7 Å². The minimum absolute atomic E-state index is 0.0402. The molecule has 1 amide bonds. The first-order valence-corrected chi connectivity index (χ1v) is 8.89. The molecule has 1 rings (SSSR count). The SMILES string of the molecule is CC(C)CCCNC(=O)c1cccc(CS(C)(=O)=O)c1. The molecule has 0 aromatic heterocycles. The number of sulfone groups is 1. The highest BCUT2D eigenvalue weighted by molar-refractivity contribution is 7.89. The lowest BCUT2D eigenvalue weighted by atomic mass is 10.1. The van der Waals surface area contributed by atoms with Crippen LogP contribution in [0.15, 0.2) is 24.3 Å². The molecule has 4 nitrogen and oxygen atoms in total. The Morgan fingerprint density at radius 3 is 2.60 bits per heavy atom. The monoisotopic (exact) mass is 297 g/mol. The van der Waals surface area contributed by atoms with Crippen LogP contribution in [0.2, 0.25) is 0 Å². The number of hydrogen-bond donors (Lipinski definition) is 1. The number of amides is 1. The van der Waals surface area contributed by atoms with Crippen LogP contribution in [0.5, 0.6) is 0 Å². The summed E-state index contributed by atoms with van der Waals surface area (Å²) in [6.07, 6.45) is 3.21. The fraction of sp³-hybridized carbons (Fsp3) is 0.533. The van der Waals surface area contributed by atoms with E-state index in [-0.39, 0.29) is 11.7 Å². The van der Waals surface area contributed by atoms with E-state index >= 15 is 0 Å². The normalized spacial score (nSPS) is 11.6. The average molecular weight is 297 g/mol. The second kappa shape index (κ2) is 7.43. The van der Waals surface area contributed by atoms with E-state index in [9.17, 15) is 13.2 Å². The molecule has 1 N–H and O–H groups in total. The maximum absolute atomic E-state index is 11.9. The van der Waals surface area contributed by atoms with E-state index in [4.69, 9.17) is 0 Å². The molecule has 0 unspecified atom stereocenters. The van der Waals surface area contributed by atoms with E-state index in [0.717, 1.165) is 12.8 Å². The highest BCUT2D eigenvalue weighted by Gasteiger charge is 2.09. The van der Waals surface area contributed by atoms with Crippen LogP contribution in [0, 0.1) is 5.92 Å². The Kier molecular flexibility index (Phi) is 6.20. The minimum Gasteiger partial charge on any atom is -0.352 e. The number of nitrogens with one attached hydrogen (secondary N) is 1. The van der Waals surface area contributed by atoms with Crippen LogP contribution >= 0.6 is 0 Å². The maximum atomic E-state index is 11.9. The zero-order chi connectivity index (χ0) is 15.2. The fourth-order valence-electron chi connectivity index (χ4n) is 1.92. The van der Waals surface area contributed by atoms with Crippen LogP contribution in [-0.2, 0) is 15.6 Å². The van der Waals surface area contributed by atoms with Crippen LogP contribution in [0.3, 0.4) is 0 Å². The van der Waals surface area contributed by atoms with E-state index in [2.05, 4.69) is 19.2 Å². The first-order chi connectivity index (χ1) is 9.28. The third-order valence-corrected chi connectivity index (χ3v) is 3.72. The van der Waals surface area contributed by atoms with Gasteiger partial charge < -0.3 is 5.32 Å². The number of carbonyl (C=O) groups excluding carboxylic acids is 1. The maximum Gasteiger partial charge on any atom is 0.251 e. The van der Waals surface area contributed by atoms with Gasteiger partial charge in [0.15, 0.2) is 9.84 Å². The van der Waals surface area contributed by atoms with Crippen molar-refractivity contribution in [3.05, 3.63) is 35.4 Å². The van der Waals surface area contributed by atoms with Crippen molar-refractivity contribution in [2.24, 2.45) is 5.92 Å². The van der Waals surface area contributed by atoms with Crippen LogP contribution in [-0.4, -0.2) is 27.1 Å². The molecule has 0 atom stereocenters. The molecule has 1 aromatic carbocycles. The zero-order valence-corrected chi connectivity index (χ0v) is 13.2. The second-order valence-electron chi connectivity index (χ2n) is 5.56. The number of carbonyl (C=O) groups is 1. The first kappa shape index (κ1) is 16.7. The third-order valence-electron chi connectivity index (χ3n) is 2.86. The predicted octanol–water partition coefficient (Wildman–Crippen LogP) is 2.40. The smallest absolute Gasteiger partial charge is 0.251 e. The topological polar surface area (TPSA) is 63.2 Å². The molecule has 20 heavy (non-hydrogen) atoms. The van der Waals surface area contributed by atoms with Gasteiger partial charge in [0.1, 0.15) is 0 Å². The summed E-state index contributed by atoms with van der Waals surface area (Å²) in [4.78, 5) is 11.9. The molecule has 0 aliphatic rings. The van der Waals surface area contributed by atoms with Gasteiger partial charge >= 0.3 is 0 Å². The summed E-state index contributed by atoms with van der Waals surface area (Å²) in [5.74, 6) is 0.440. The van der Waals surface area contributed by atoms with Crippen molar-refractivity contribution in [2.75, 3.05) is 12.8 Å². The highest BCUT2D eigenvalue weighted by atomic mass is 32.2. The van der Waals surface area contributed by atoms with Gasteiger partial charge in [0.05, 0.1) is 5.75 Å². The molecule has 0 fully saturated rings. The average Bonchev–Trinajstić information content (AvgIpc) is 2.32. The van der Waals surface area contributed by atoms with E-state index in [1.54, 1.807) is 24.3 Å². The van der Waals surface area contributed by atoms with Crippen LogP contribution in [0.25, 0.3) is 0 Å². The van der Waals surface area contributed by atoms with E-state index in [0.29, 0.717) is 23.6 Å². The Morgan fingerprint density at radius 2 is 2.00 bits per heavy atom. The highest BCUT2D eigenvalue weighted by Crippen LogP contribution is 2.09. The minimum atomic E-state index is -3.08. The summed E-state index contributed by atoms with van der Waals surface area (Å²) in [6.45, 7) is 4.94. The molecule has 0 aliphatic heterocycles. The van der Waals surface area contributed by atoms with Gasteiger partial charge in [-0.15, -0.1) is 0 Å². The Balaban J connectivity index is 2.58. The van der Waals surface area contributed by atoms with Gasteiger partial charge in [-0.1, -0.05) is 26.0 Å². The summed E-state index contributed by atoms with van der Waals surface area (Å²) < 4.78 is 22.5. The van der Waals surface area contributed by atoms with Crippen molar-refractivity contribution in [1.82, 2.24) is 5.32 Å². The molecule has 112 valence electrons. The van der Waals surface area contributed by atoms with Gasteiger partial charge in [-0.25, -0.2) is 8.42 Å². The number of benzene rings is 1. The standard InChI is InChI=1S/C15H23NO3S/c1-12(2)6-5-9-16-15(17)14-8-4-7-13(10-14)11-20(3,18)19/h4,7-8,10,12H,5-6,9,11H2,1-3H3,(H,16,17). The molecule has 5 heteroatoms. The Hall–Kier alpha value is -1.36. The Labute approximate surface area is 121 Å². The summed E-state index contributed by atoms with van der Waals surface area (Å²) in [6, 6.07) is 6.77. The van der Waals surface area contributed by atoms with Gasteiger partial charge in [0, 0.05) is 18.4 Å². The first-order valence-electron chi connectivity index (χ1n) is 6.83. The van der Waals surface area contributed by atoms with Crippen molar-refractivity contribution in [1.29, 1.82) is 0 Å². The van der Waals surface area contributed by atoms with Crippen molar-refractivity contribution in [3.8, 4) is 0 Å². The van der Waals surface area contributed by atoms with Gasteiger partial charge in [-0.05, 0) is 36.5 Å². The Bertz CT molecular complexity index is 550. The molecule has 0 aliphatic carbocycles. The molecule has 0 spiro atoms. The Morgan fingerprint density at radius 1 is 1.30 bits per heavy atom. The van der Waals surface area contributed by atoms with Crippen molar-refractivity contribution in [2.45, 2.75) is 32.4 Å². The molecule has 0 bridgehead atoms. The van der Waals surface area contributed by atoms with Crippen LogP contribution < -0.4 is 5.32 Å². The van der Waals surface area contributed by atoms with Gasteiger partial charge in [-0.3, -0.25) is 4.79 Å². The molecule has 0 radical (unpaired) electrons. The van der Waals surface area contributed by atoms with Crippen LogP contribution in [0.4, 0.5) is 0 Å². The molecular weight excluding hydrogens is 274 g/mol. The fourth-order valence-corrected chi connectivity index (χ4v) is 2.70. The van der Waals surface area contributed by atoms with Crippen molar-refractivity contribution in [3.63, 3.8) is 0 Å². The zero-order valence-electron chi connectivity index (χ0n) is 12.3. The summed E-state index contributed by atoms with van der Waals surface area (Å²) in [5.41, 5.74) is 1.15. The van der Waals surface area contributed by atoms with Crippen molar-refractivity contribution < 1.29 is 13.2 Å². The van der Waals surface area contributed by atoms with Gasteiger partial charge in [0.25, 0.3) is 5.91 Å². The molecule has 0 heterocycles. The van der Waals surface area contributed by atoms with Crippen LogP contribution in [0.1, 0.15) is 42.6 Å². The van der Waals surface area contributed by atoms with E-state index < -0.39 is 9.84 Å². The lowest BCUT2D eigenvalue weighted by Crippen LogP contribution is -2.24. The largest absolute Gasteiger partial charge is 0.352 e. The van der Waals surface area contributed by atoms with Gasteiger partial charge in [-0.2, -0.15) is 0 Å². The number of hydrogen-bond acceptors (Lipinski definition) is 3.